The lowest BCUT2D eigenvalue weighted by atomic mass is 9.98. The summed E-state index contributed by atoms with van der Waals surface area (Å²) in [6, 6.07) is 5.91. The molecule has 1 aliphatic rings. The molecule has 1 saturated heterocycles. The number of primary amides is 1. The van der Waals surface area contributed by atoms with Gasteiger partial charge < -0.3 is 125 Å². The average Bonchev–Trinajstić information content (AvgIpc) is 0.855. The zero-order chi connectivity index (χ0) is 107. The number of fused-ring (bicyclic) bond motifs is 2. The highest BCUT2D eigenvalue weighted by Gasteiger charge is 2.38. The van der Waals surface area contributed by atoms with E-state index in [0.717, 1.165) is 28.3 Å². The molecule has 814 valence electrons. The van der Waals surface area contributed by atoms with Crippen molar-refractivity contribution in [2.45, 2.75) is 302 Å². The van der Waals surface area contributed by atoms with Crippen LogP contribution in [-0.4, -0.2) is 277 Å². The van der Waals surface area contributed by atoms with E-state index >= 15 is 9.59 Å². The van der Waals surface area contributed by atoms with Crippen molar-refractivity contribution < 1.29 is 86.4 Å². The Morgan fingerprint density at radius 3 is 1.63 bits per heavy atom. The zero-order valence-corrected chi connectivity index (χ0v) is 87.4. The maximum Gasteiger partial charge on any atom is 0.261 e. The maximum absolute atomic E-state index is 15.1. The van der Waals surface area contributed by atoms with Gasteiger partial charge in [0.15, 0.2) is 5.96 Å². The van der Waals surface area contributed by atoms with Crippen molar-refractivity contribution in [2.75, 3.05) is 111 Å². The molecular formula is C105H165N23O19. The van der Waals surface area contributed by atoms with E-state index in [1.54, 1.807) is 63.1 Å². The topological polar surface area (TPSA) is 611 Å². The number of anilines is 1. The molecule has 0 unspecified atom stereocenters. The van der Waals surface area contributed by atoms with Crippen LogP contribution in [0.1, 0.15) is 239 Å². The van der Waals surface area contributed by atoms with Crippen LogP contribution in [0.3, 0.4) is 0 Å². The van der Waals surface area contributed by atoms with Crippen molar-refractivity contribution in [3.63, 3.8) is 0 Å². The lowest BCUT2D eigenvalue weighted by molar-refractivity contribution is -0.137. The largest absolute Gasteiger partial charge is 0.508 e. The number of H-pyrrole nitrogens is 2. The molecular weight excluding hydrogens is 1890 g/mol. The first-order chi connectivity index (χ1) is 70.7. The predicted octanol–water partition coefficient (Wildman–Crippen LogP) is 5.42. The number of nitrogens with two attached hydrogens (primary N) is 3. The molecule has 4 heterocycles. The number of guanidine groups is 1. The summed E-state index contributed by atoms with van der Waals surface area (Å²) in [5.41, 5.74) is 20.1. The summed E-state index contributed by atoms with van der Waals surface area (Å²) in [6.07, 6.45) is 28.7. The number of nitrogens with zero attached hydrogens (tertiary/aromatic N) is 5. The third-order valence-electron chi connectivity index (χ3n) is 26.0. The van der Waals surface area contributed by atoms with Crippen LogP contribution in [0.25, 0.3) is 21.8 Å². The number of piperazine rings is 1. The summed E-state index contributed by atoms with van der Waals surface area (Å²) in [4.78, 5) is 215. The Balaban J connectivity index is 0.889. The van der Waals surface area contributed by atoms with E-state index in [4.69, 9.17) is 41.6 Å². The monoisotopic (exact) mass is 2050 g/mol. The number of hydrogen-bond donors (Lipinski definition) is 19. The first-order valence-electron chi connectivity index (χ1n) is 52.7. The first-order valence-corrected chi connectivity index (χ1v) is 52.7. The van der Waals surface area contributed by atoms with Gasteiger partial charge in [0.1, 0.15) is 60.6 Å². The van der Waals surface area contributed by atoms with Crippen molar-refractivity contribution >= 4 is 110 Å². The lowest BCUT2D eigenvalue weighted by Crippen LogP contribution is -2.61. The fourth-order valence-corrected chi connectivity index (χ4v) is 17.2. The Bertz CT molecular complexity index is 5110. The van der Waals surface area contributed by atoms with Crippen LogP contribution in [-0.2, 0) is 107 Å². The molecule has 147 heavy (non-hydrogen) atoms. The van der Waals surface area contributed by atoms with Crippen molar-refractivity contribution in [1.82, 2.24) is 93.2 Å². The second-order valence-electron chi connectivity index (χ2n) is 38.7. The molecule has 6 aromatic rings. The molecule has 7 rings (SSSR count). The van der Waals surface area contributed by atoms with Crippen molar-refractivity contribution in [3.05, 3.63) is 119 Å². The van der Waals surface area contributed by atoms with E-state index in [9.17, 15) is 62.6 Å². The SMILES string of the molecule is CCCCCCCCCCCCCCCCCCCC(=O)NCCOCCOCCOCCOCCC(=O)NCCCC[C@H](NC(=O)[C@@H](N)[C@@H](C)CC)C(=O)N1CCN(c2ccc3ncn(CC(=O)N[C@@H](CCCNC(=N)N)C(=O)N[C@@H](Cc4cnc[nH]4)C(=O)N[C@@H](Cc4ccc(O)cc4)C(=O)N[C@@H](CC(C)C)C(=O)N[C@@H](CC(N)=O)C(=O)N[C@@H](Cc4c[nH]c5ccccc45)C(=O)N[C@H](C(=O)NC)C(C)C)c(=O)c3c2)CC1. The van der Waals surface area contributed by atoms with Gasteiger partial charge in [-0.15, -0.1) is 0 Å². The number of unbranched alkanes of at least 4 members (excludes halogenated alkanes) is 17. The number of likely N-dealkylation sites (N-methyl/N-ethyl adjacent to an activating group) is 1. The predicted molar refractivity (Wildman–Crippen MR) is 562 cm³/mol. The van der Waals surface area contributed by atoms with E-state index in [1.807, 2.05) is 36.9 Å². The molecule has 10 atom stereocenters. The number of phenolic OH excluding ortho intramolecular Hbond substituents is 1. The molecule has 1 fully saturated rings. The Kier molecular flexibility index (Phi) is 56.1. The van der Waals surface area contributed by atoms with Gasteiger partial charge in [-0.1, -0.05) is 188 Å². The van der Waals surface area contributed by atoms with Gasteiger partial charge in [-0.3, -0.25) is 77.1 Å². The normalized spacial score (nSPS) is 14.1. The van der Waals surface area contributed by atoms with E-state index in [0.29, 0.717) is 120 Å². The Hall–Kier alpha value is -12.7. The Morgan fingerprint density at radius 1 is 0.503 bits per heavy atom. The number of imidazole rings is 1. The number of carbonyl (C=O) groups is 13. The van der Waals surface area contributed by atoms with Gasteiger partial charge in [0.25, 0.3) is 5.56 Å². The highest BCUT2D eigenvalue weighted by molar-refractivity contribution is 6.00. The quantitative estimate of drug-likeness (QED) is 0.0129. The minimum Gasteiger partial charge on any atom is -0.508 e. The number of aromatic hydroxyl groups is 1. The number of aromatic amines is 2. The molecule has 42 nitrogen and oxygen atoms in total. The first kappa shape index (κ1) is 121. The molecule has 0 bridgehead atoms. The van der Waals surface area contributed by atoms with Crippen LogP contribution in [0, 0.1) is 23.2 Å². The maximum atomic E-state index is 15.1. The third kappa shape index (κ3) is 45.7. The third-order valence-corrected chi connectivity index (χ3v) is 26.0. The second kappa shape index (κ2) is 68.0. The van der Waals surface area contributed by atoms with Gasteiger partial charge in [-0.05, 0) is 110 Å². The molecule has 1 aliphatic heterocycles. The van der Waals surface area contributed by atoms with Crippen LogP contribution in [0.5, 0.6) is 5.75 Å². The Morgan fingerprint density at radius 2 is 1.03 bits per heavy atom. The zero-order valence-electron chi connectivity index (χ0n) is 87.4. The lowest BCUT2D eigenvalue weighted by Gasteiger charge is -2.38. The smallest absolute Gasteiger partial charge is 0.261 e. The number of ether oxygens (including phenoxy) is 4. The fraction of sp³-hybridized carbons (Fsp3) is 0.629. The second-order valence-corrected chi connectivity index (χ2v) is 38.7. The highest BCUT2D eigenvalue weighted by atomic mass is 16.6. The number of hydrogen-bond acceptors (Lipinski definition) is 24. The minimum atomic E-state index is -1.75. The van der Waals surface area contributed by atoms with Crippen LogP contribution in [0.4, 0.5) is 5.69 Å². The summed E-state index contributed by atoms with van der Waals surface area (Å²) in [7, 11) is 1.41. The molecule has 13 amide bonds. The van der Waals surface area contributed by atoms with Gasteiger partial charge in [0.05, 0.1) is 88.9 Å². The minimum absolute atomic E-state index is 0.0561. The van der Waals surface area contributed by atoms with Crippen LogP contribution in [0.15, 0.2) is 96.6 Å². The number of carbonyl (C=O) groups excluding carboxylic acids is 13. The number of phenols is 1. The standard InChI is InChI=1S/C105H165N23O19/c1-9-11-12-13-14-15-16-17-18-19-20-21-22-23-24-25-26-36-90(131)113-46-52-145-54-56-147-58-57-146-55-53-144-51-43-91(132)112-44-30-29-34-83(119-101(140)93(107)72(7)10-2)104(143)127-49-47-126(48-50-127)76-39-42-81-79(63-76)103(142)128(69-117-81)67-92(133)118-82(35-31-45-114-105(108)109)95(134)123-87(62-75-66-111-68-116-75)98(137)121-85(60-73-37-40-77(129)41-38-73)97(136)120-84(59-70(3)4)96(135)124-88(64-89(106)130)99(138)122-86(100(139)125-94(71(5)6)102(141)110-8)61-74-65-115-80-33-28-27-32-78(74)80/h27-28,32-33,37-42,63,65-66,68-72,82-88,93-94,115,129H,9-26,29-31,34-36,43-62,64,67,107H2,1-8H3,(H2,106,130)(H,110,141)(H,111,116)(H,112,132)(H,113,131)(H,118,133)(H,119,140)(H,120,136)(H,121,137)(H,122,138)(H,123,134)(H,124,135)(H,125,139)(H4,108,109,114)/t72-,82-,83-,84-,85-,86-,87-,88-,93-,94-/m0/s1. The van der Waals surface area contributed by atoms with Crippen molar-refractivity contribution in [2.24, 2.45) is 35.0 Å². The van der Waals surface area contributed by atoms with Crippen molar-refractivity contribution in [3.8, 4) is 5.75 Å². The molecule has 42 heteroatoms. The summed E-state index contributed by atoms with van der Waals surface area (Å²) in [6.45, 7) is 17.0. The van der Waals surface area contributed by atoms with Gasteiger partial charge in [0, 0.05) is 120 Å². The molecule has 3 aromatic carbocycles. The van der Waals surface area contributed by atoms with Crippen LogP contribution in [0.2, 0.25) is 0 Å². The number of nitrogens with one attached hydrogen (secondary N) is 15. The summed E-state index contributed by atoms with van der Waals surface area (Å²) in [5, 5.41) is 51.7. The molecule has 0 saturated carbocycles. The summed E-state index contributed by atoms with van der Waals surface area (Å²) >= 11 is 0. The molecule has 0 aliphatic carbocycles. The van der Waals surface area contributed by atoms with Gasteiger partial charge in [-0.25, -0.2) is 9.97 Å². The van der Waals surface area contributed by atoms with Crippen molar-refractivity contribution in [1.29, 1.82) is 5.41 Å². The van der Waals surface area contributed by atoms with E-state index in [-0.39, 0.29) is 131 Å². The molecule has 0 spiro atoms. The summed E-state index contributed by atoms with van der Waals surface area (Å²) < 4.78 is 23.5. The number of rotatable bonds is 75. The van der Waals surface area contributed by atoms with Crippen LogP contribution >= 0.6 is 0 Å². The number of benzene rings is 3. The van der Waals surface area contributed by atoms with E-state index < -0.39 is 138 Å². The van der Waals surface area contributed by atoms with Crippen LogP contribution < -0.4 is 91.5 Å². The van der Waals surface area contributed by atoms with E-state index in [1.165, 1.54) is 146 Å². The van der Waals surface area contributed by atoms with Gasteiger partial charge in [-0.2, -0.15) is 0 Å². The fourth-order valence-electron chi connectivity index (χ4n) is 17.2. The molecule has 0 radical (unpaired) electrons. The van der Waals surface area contributed by atoms with E-state index in [2.05, 4.69) is 90.7 Å². The number of para-hydroxylation sites is 1. The highest BCUT2D eigenvalue weighted by Crippen LogP contribution is 2.25. The average molecular weight is 2050 g/mol. The Labute approximate surface area is 863 Å². The van der Waals surface area contributed by atoms with Gasteiger partial charge in [0.2, 0.25) is 76.8 Å². The molecule has 22 N–H and O–H groups in total. The van der Waals surface area contributed by atoms with Gasteiger partial charge >= 0.3 is 0 Å². The molecule has 3 aromatic heterocycles. The summed E-state index contributed by atoms with van der Waals surface area (Å²) in [5.74, 6) is -10.3. The number of aromatic nitrogens is 5. The number of amides is 13.